The van der Waals surface area contributed by atoms with Crippen molar-refractivity contribution in [2.24, 2.45) is 0 Å². The van der Waals surface area contributed by atoms with E-state index >= 15 is 0 Å². The molecule has 0 radical (unpaired) electrons. The average molecular weight is 268 g/mol. The molecule has 0 aliphatic rings. The normalized spacial score (nSPS) is 9.40. The van der Waals surface area contributed by atoms with Gasteiger partial charge in [0.1, 0.15) is 0 Å². The number of ketones is 2. The van der Waals surface area contributed by atoms with Crippen molar-refractivity contribution < 1.29 is 9.59 Å². The van der Waals surface area contributed by atoms with Gasteiger partial charge in [0.15, 0.2) is 11.6 Å². The van der Waals surface area contributed by atoms with Crippen LogP contribution in [-0.4, -0.2) is 11.6 Å². The van der Waals surface area contributed by atoms with E-state index < -0.39 is 0 Å². The third-order valence-electron chi connectivity index (χ3n) is 2.88. The van der Waals surface area contributed by atoms with E-state index in [0.717, 1.165) is 16.7 Å². The monoisotopic (exact) mass is 268 g/mol. The Balaban J connectivity index is 0.000000200. The number of rotatable bonds is 2. The molecule has 0 bridgehead atoms. The zero-order valence-electron chi connectivity index (χ0n) is 12.4. The molecule has 2 nitrogen and oxygen atoms in total. The lowest BCUT2D eigenvalue weighted by molar-refractivity contribution is 0.100. The first-order valence-corrected chi connectivity index (χ1v) is 6.55. The lowest BCUT2D eigenvalue weighted by Gasteiger charge is -1.94. The Morgan fingerprint density at radius 1 is 0.700 bits per heavy atom. The van der Waals surface area contributed by atoms with Gasteiger partial charge in [-0.1, -0.05) is 53.6 Å². The summed E-state index contributed by atoms with van der Waals surface area (Å²) in [6.07, 6.45) is 0. The molecule has 0 N–H and O–H groups in total. The molecular weight excluding hydrogens is 248 g/mol. The van der Waals surface area contributed by atoms with Gasteiger partial charge in [-0.3, -0.25) is 9.59 Å². The van der Waals surface area contributed by atoms with Crippen molar-refractivity contribution >= 4 is 11.6 Å². The van der Waals surface area contributed by atoms with Crippen LogP contribution in [0.1, 0.15) is 45.7 Å². The highest BCUT2D eigenvalue weighted by Gasteiger charge is 1.96. The van der Waals surface area contributed by atoms with Gasteiger partial charge in [0.05, 0.1) is 0 Å². The fourth-order valence-corrected chi connectivity index (χ4v) is 1.65. The first-order valence-electron chi connectivity index (χ1n) is 6.55. The van der Waals surface area contributed by atoms with Crippen molar-refractivity contribution in [3.8, 4) is 0 Å². The van der Waals surface area contributed by atoms with Crippen LogP contribution in [0.5, 0.6) is 0 Å². The minimum atomic E-state index is 0.125. The second-order valence-corrected chi connectivity index (χ2v) is 4.85. The van der Waals surface area contributed by atoms with Crippen LogP contribution in [0.3, 0.4) is 0 Å². The Morgan fingerprint density at radius 2 is 1.25 bits per heavy atom. The Kier molecular flexibility index (Phi) is 5.85. The van der Waals surface area contributed by atoms with Crippen molar-refractivity contribution in [1.82, 2.24) is 0 Å². The number of Topliss-reactive ketones (excluding diaryl/α,β-unsaturated/α-hetero) is 2. The number of carbonyl (C=O) groups excluding carboxylic acids is 2. The van der Waals surface area contributed by atoms with Gasteiger partial charge in [0.25, 0.3) is 0 Å². The Morgan fingerprint density at radius 3 is 1.65 bits per heavy atom. The molecule has 0 aromatic heterocycles. The quantitative estimate of drug-likeness (QED) is 0.757. The van der Waals surface area contributed by atoms with E-state index in [1.807, 2.05) is 62.4 Å². The molecule has 0 atom stereocenters. The van der Waals surface area contributed by atoms with E-state index in [0.29, 0.717) is 0 Å². The summed E-state index contributed by atoms with van der Waals surface area (Å²) >= 11 is 0. The maximum atomic E-state index is 10.8. The summed E-state index contributed by atoms with van der Waals surface area (Å²) in [7, 11) is 0. The van der Waals surface area contributed by atoms with Gasteiger partial charge >= 0.3 is 0 Å². The van der Waals surface area contributed by atoms with Crippen molar-refractivity contribution in [1.29, 1.82) is 0 Å². The minimum absolute atomic E-state index is 0.125. The molecule has 20 heavy (non-hydrogen) atoms. The third kappa shape index (κ3) is 5.19. The van der Waals surface area contributed by atoms with E-state index in [1.54, 1.807) is 13.8 Å². The lowest BCUT2D eigenvalue weighted by atomic mass is 10.1. The van der Waals surface area contributed by atoms with Crippen LogP contribution in [0.15, 0.2) is 48.5 Å². The van der Waals surface area contributed by atoms with Crippen LogP contribution >= 0.6 is 0 Å². The van der Waals surface area contributed by atoms with E-state index in [2.05, 4.69) is 0 Å². The summed E-state index contributed by atoms with van der Waals surface area (Å²) in [5, 5.41) is 0. The number of benzene rings is 2. The topological polar surface area (TPSA) is 34.1 Å². The van der Waals surface area contributed by atoms with E-state index in [9.17, 15) is 9.59 Å². The van der Waals surface area contributed by atoms with E-state index in [1.165, 1.54) is 5.56 Å². The minimum Gasteiger partial charge on any atom is -0.295 e. The third-order valence-corrected chi connectivity index (χ3v) is 2.88. The molecule has 0 heterocycles. The molecular formula is C18H20O2. The molecule has 104 valence electrons. The maximum absolute atomic E-state index is 10.8. The molecule has 2 rings (SSSR count). The highest BCUT2D eigenvalue weighted by atomic mass is 16.1. The zero-order valence-corrected chi connectivity index (χ0v) is 12.4. The smallest absolute Gasteiger partial charge is 0.159 e. The van der Waals surface area contributed by atoms with E-state index in [-0.39, 0.29) is 11.6 Å². The molecule has 0 saturated carbocycles. The fourth-order valence-electron chi connectivity index (χ4n) is 1.65. The second kappa shape index (κ2) is 7.39. The van der Waals surface area contributed by atoms with Crippen molar-refractivity contribution in [2.75, 3.05) is 0 Å². The molecule has 0 aliphatic heterocycles. The zero-order chi connectivity index (χ0) is 15.1. The maximum Gasteiger partial charge on any atom is 0.159 e. The molecule has 0 fully saturated rings. The summed E-state index contributed by atoms with van der Waals surface area (Å²) < 4.78 is 0. The van der Waals surface area contributed by atoms with Crippen LogP contribution in [-0.2, 0) is 0 Å². The molecule has 2 heteroatoms. The molecule has 0 saturated heterocycles. The van der Waals surface area contributed by atoms with Crippen molar-refractivity contribution in [2.45, 2.75) is 27.7 Å². The molecule has 0 aliphatic carbocycles. The summed E-state index contributed by atoms with van der Waals surface area (Å²) in [4.78, 5) is 21.6. The van der Waals surface area contributed by atoms with Crippen LogP contribution in [0.25, 0.3) is 0 Å². The lowest BCUT2D eigenvalue weighted by Crippen LogP contribution is -1.90. The second-order valence-electron chi connectivity index (χ2n) is 4.85. The van der Waals surface area contributed by atoms with Gasteiger partial charge in [-0.25, -0.2) is 0 Å². The number of carbonyl (C=O) groups is 2. The first-order chi connectivity index (χ1) is 9.40. The van der Waals surface area contributed by atoms with Crippen LogP contribution in [0.4, 0.5) is 0 Å². The van der Waals surface area contributed by atoms with Crippen LogP contribution in [0.2, 0.25) is 0 Å². The predicted octanol–water partition coefficient (Wildman–Crippen LogP) is 4.40. The highest BCUT2D eigenvalue weighted by Crippen LogP contribution is 2.04. The van der Waals surface area contributed by atoms with Crippen molar-refractivity contribution in [3.05, 3.63) is 70.8 Å². The number of aryl methyl sites for hydroxylation is 2. The molecule has 0 unspecified atom stereocenters. The number of hydrogen-bond acceptors (Lipinski definition) is 2. The Labute approximate surface area is 120 Å². The average Bonchev–Trinajstić information content (AvgIpc) is 2.40. The van der Waals surface area contributed by atoms with Crippen LogP contribution in [0, 0.1) is 13.8 Å². The Bertz CT molecular complexity index is 595. The molecule has 2 aromatic rings. The van der Waals surface area contributed by atoms with Gasteiger partial charge in [-0.2, -0.15) is 0 Å². The molecule has 2 aromatic carbocycles. The summed E-state index contributed by atoms with van der Waals surface area (Å²) in [6.45, 7) is 7.13. The van der Waals surface area contributed by atoms with Crippen LogP contribution < -0.4 is 0 Å². The fraction of sp³-hybridized carbons (Fsp3) is 0.222. The SMILES string of the molecule is CC(=O)c1ccc(C)cc1.CC(=O)c1cccc(C)c1. The van der Waals surface area contributed by atoms with Gasteiger partial charge in [0, 0.05) is 11.1 Å². The Hall–Kier alpha value is -2.22. The predicted molar refractivity (Wildman–Crippen MR) is 82.4 cm³/mol. The summed E-state index contributed by atoms with van der Waals surface area (Å²) in [6, 6.07) is 15.2. The number of hydrogen-bond donors (Lipinski definition) is 0. The first kappa shape index (κ1) is 15.8. The highest BCUT2D eigenvalue weighted by molar-refractivity contribution is 5.94. The largest absolute Gasteiger partial charge is 0.295 e. The molecule has 0 spiro atoms. The molecule has 0 amide bonds. The standard InChI is InChI=1S/2C9H10O/c1-7-3-5-9(6-4-7)8(2)10;1-7-4-3-5-9(6-7)8(2)10/h2*3-6H,1-2H3. The van der Waals surface area contributed by atoms with Gasteiger partial charge in [0.2, 0.25) is 0 Å². The summed E-state index contributed by atoms with van der Waals surface area (Å²) in [5.41, 5.74) is 3.89. The summed E-state index contributed by atoms with van der Waals surface area (Å²) in [5.74, 6) is 0.253. The van der Waals surface area contributed by atoms with Crippen molar-refractivity contribution in [3.63, 3.8) is 0 Å². The van der Waals surface area contributed by atoms with Gasteiger partial charge < -0.3 is 0 Å². The van der Waals surface area contributed by atoms with Gasteiger partial charge in [-0.05, 0) is 33.8 Å². The van der Waals surface area contributed by atoms with E-state index in [4.69, 9.17) is 0 Å². The van der Waals surface area contributed by atoms with Gasteiger partial charge in [-0.15, -0.1) is 0 Å².